The molecule has 22 heavy (non-hydrogen) atoms. The summed E-state index contributed by atoms with van der Waals surface area (Å²) >= 11 is 0. The van der Waals surface area contributed by atoms with Crippen LogP contribution in [0, 0.1) is 18.3 Å². The van der Waals surface area contributed by atoms with Crippen LogP contribution in [0.5, 0.6) is 0 Å². The van der Waals surface area contributed by atoms with Crippen molar-refractivity contribution in [2.24, 2.45) is 0 Å². The van der Waals surface area contributed by atoms with E-state index in [1.165, 1.54) is 11.8 Å². The number of nitrogens with one attached hydrogen (secondary N) is 1. The van der Waals surface area contributed by atoms with Gasteiger partial charge in [0.25, 0.3) is 5.91 Å². The SMILES string of the molecule is Cc1ccc(CNC(=O)c2ccc(C#N)cn2)c(N(C)C)c1. The van der Waals surface area contributed by atoms with Crippen LogP contribution in [0.4, 0.5) is 5.69 Å². The van der Waals surface area contributed by atoms with Gasteiger partial charge in [-0.1, -0.05) is 12.1 Å². The number of carbonyl (C=O) groups is 1. The normalized spacial score (nSPS) is 9.91. The summed E-state index contributed by atoms with van der Waals surface area (Å²) in [6.07, 6.45) is 1.39. The molecule has 0 aliphatic heterocycles. The van der Waals surface area contributed by atoms with Gasteiger partial charge in [-0.25, -0.2) is 4.98 Å². The molecule has 0 aliphatic carbocycles. The molecule has 0 saturated carbocycles. The third kappa shape index (κ3) is 3.61. The lowest BCUT2D eigenvalue weighted by atomic mass is 10.1. The van der Waals surface area contributed by atoms with E-state index in [1.54, 1.807) is 12.1 Å². The smallest absolute Gasteiger partial charge is 0.270 e. The maximum absolute atomic E-state index is 12.1. The Morgan fingerprint density at radius 3 is 2.68 bits per heavy atom. The zero-order valence-electron chi connectivity index (χ0n) is 12.9. The number of aromatic nitrogens is 1. The molecule has 0 atom stereocenters. The van der Waals surface area contributed by atoms with Crippen LogP contribution in [0.25, 0.3) is 0 Å². The van der Waals surface area contributed by atoms with Gasteiger partial charge >= 0.3 is 0 Å². The van der Waals surface area contributed by atoms with E-state index in [4.69, 9.17) is 5.26 Å². The van der Waals surface area contributed by atoms with Crippen LogP contribution >= 0.6 is 0 Å². The molecule has 0 fully saturated rings. The highest BCUT2D eigenvalue weighted by Gasteiger charge is 2.10. The number of carbonyl (C=O) groups excluding carboxylic acids is 1. The Morgan fingerprint density at radius 2 is 2.09 bits per heavy atom. The topological polar surface area (TPSA) is 69.0 Å². The predicted molar refractivity (Wildman–Crippen MR) is 85.6 cm³/mol. The van der Waals surface area contributed by atoms with Gasteiger partial charge in [-0.15, -0.1) is 0 Å². The van der Waals surface area contributed by atoms with Crippen molar-refractivity contribution < 1.29 is 4.79 Å². The molecular formula is C17H18N4O. The Morgan fingerprint density at radius 1 is 1.32 bits per heavy atom. The quantitative estimate of drug-likeness (QED) is 0.939. The molecule has 2 aromatic rings. The third-order valence-corrected chi connectivity index (χ3v) is 3.29. The summed E-state index contributed by atoms with van der Waals surface area (Å²) < 4.78 is 0. The molecule has 112 valence electrons. The van der Waals surface area contributed by atoms with E-state index in [0.29, 0.717) is 17.8 Å². The van der Waals surface area contributed by atoms with Gasteiger partial charge in [0.1, 0.15) is 11.8 Å². The van der Waals surface area contributed by atoms with E-state index >= 15 is 0 Å². The van der Waals surface area contributed by atoms with Crippen molar-refractivity contribution in [1.82, 2.24) is 10.3 Å². The van der Waals surface area contributed by atoms with Gasteiger partial charge in [0.2, 0.25) is 0 Å². The summed E-state index contributed by atoms with van der Waals surface area (Å²) in [5.41, 5.74) is 4.03. The number of rotatable bonds is 4. The zero-order chi connectivity index (χ0) is 16.1. The number of nitriles is 1. The maximum atomic E-state index is 12.1. The predicted octanol–water partition coefficient (Wildman–Crippen LogP) is 2.26. The van der Waals surface area contributed by atoms with Crippen molar-refractivity contribution in [2.45, 2.75) is 13.5 Å². The summed E-state index contributed by atoms with van der Waals surface area (Å²) in [7, 11) is 3.95. The first-order chi connectivity index (χ1) is 10.5. The molecular weight excluding hydrogens is 276 g/mol. The van der Waals surface area contributed by atoms with Crippen LogP contribution in [0.3, 0.4) is 0 Å². The van der Waals surface area contributed by atoms with Crippen molar-refractivity contribution in [3.63, 3.8) is 0 Å². The van der Waals surface area contributed by atoms with E-state index in [-0.39, 0.29) is 5.91 Å². The second-order valence-corrected chi connectivity index (χ2v) is 5.25. The van der Waals surface area contributed by atoms with Crippen molar-refractivity contribution >= 4 is 11.6 Å². The Bertz CT molecular complexity index is 714. The van der Waals surface area contributed by atoms with Crippen LogP contribution in [0.15, 0.2) is 36.5 Å². The molecule has 5 heteroatoms. The highest BCUT2D eigenvalue weighted by atomic mass is 16.1. The number of pyridine rings is 1. The van der Waals surface area contributed by atoms with E-state index in [0.717, 1.165) is 11.3 Å². The molecule has 1 amide bonds. The van der Waals surface area contributed by atoms with Gasteiger partial charge < -0.3 is 10.2 Å². The van der Waals surface area contributed by atoms with Crippen molar-refractivity contribution in [2.75, 3.05) is 19.0 Å². The maximum Gasteiger partial charge on any atom is 0.270 e. The standard InChI is InChI=1S/C17H18N4O/c1-12-4-6-14(16(8-12)21(2)3)11-20-17(22)15-7-5-13(9-18)10-19-15/h4-8,10H,11H2,1-3H3,(H,20,22). The largest absolute Gasteiger partial charge is 0.377 e. The van der Waals surface area contributed by atoms with Crippen molar-refractivity contribution in [1.29, 1.82) is 5.26 Å². The number of amides is 1. The number of nitrogens with zero attached hydrogens (tertiary/aromatic N) is 3. The van der Waals surface area contributed by atoms with Crippen LogP contribution < -0.4 is 10.2 Å². The molecule has 0 spiro atoms. The van der Waals surface area contributed by atoms with Crippen LogP contribution in [0.1, 0.15) is 27.2 Å². The molecule has 1 aromatic carbocycles. The number of aryl methyl sites for hydroxylation is 1. The van der Waals surface area contributed by atoms with E-state index in [2.05, 4.69) is 16.4 Å². The van der Waals surface area contributed by atoms with Crippen molar-refractivity contribution in [3.05, 3.63) is 58.9 Å². The number of anilines is 1. The van der Waals surface area contributed by atoms with Gasteiger partial charge in [-0.05, 0) is 36.2 Å². The number of hydrogen-bond acceptors (Lipinski definition) is 4. The van der Waals surface area contributed by atoms with Gasteiger partial charge in [-0.2, -0.15) is 5.26 Å². The fourth-order valence-corrected chi connectivity index (χ4v) is 2.10. The molecule has 1 heterocycles. The first-order valence-corrected chi connectivity index (χ1v) is 6.92. The third-order valence-electron chi connectivity index (χ3n) is 3.29. The summed E-state index contributed by atoms with van der Waals surface area (Å²) in [4.78, 5) is 18.1. The highest BCUT2D eigenvalue weighted by molar-refractivity contribution is 5.92. The molecule has 0 aliphatic rings. The molecule has 0 bridgehead atoms. The molecule has 1 N–H and O–H groups in total. The molecule has 5 nitrogen and oxygen atoms in total. The highest BCUT2D eigenvalue weighted by Crippen LogP contribution is 2.20. The Balaban J connectivity index is 2.09. The average molecular weight is 294 g/mol. The Labute approximate surface area is 130 Å². The minimum absolute atomic E-state index is 0.255. The summed E-state index contributed by atoms with van der Waals surface area (Å²) in [5, 5.41) is 11.6. The molecule has 2 rings (SSSR count). The van der Waals surface area contributed by atoms with Crippen LogP contribution in [-0.4, -0.2) is 25.0 Å². The lowest BCUT2D eigenvalue weighted by molar-refractivity contribution is 0.0946. The first kappa shape index (κ1) is 15.5. The van der Waals surface area contributed by atoms with Crippen molar-refractivity contribution in [3.8, 4) is 6.07 Å². The lowest BCUT2D eigenvalue weighted by Crippen LogP contribution is -2.25. The molecule has 1 aromatic heterocycles. The second-order valence-electron chi connectivity index (χ2n) is 5.25. The molecule has 0 unspecified atom stereocenters. The van der Waals surface area contributed by atoms with Gasteiger partial charge in [-0.3, -0.25) is 4.79 Å². The first-order valence-electron chi connectivity index (χ1n) is 6.92. The van der Waals surface area contributed by atoms with E-state index in [1.807, 2.05) is 44.1 Å². The second kappa shape index (κ2) is 6.72. The Hall–Kier alpha value is -2.87. The van der Waals surface area contributed by atoms with E-state index < -0.39 is 0 Å². The Kier molecular flexibility index (Phi) is 4.74. The minimum atomic E-state index is -0.255. The number of hydrogen-bond donors (Lipinski definition) is 1. The van der Waals surface area contributed by atoms with Crippen LogP contribution in [0.2, 0.25) is 0 Å². The molecule has 0 saturated heterocycles. The lowest BCUT2D eigenvalue weighted by Gasteiger charge is -2.18. The van der Waals surface area contributed by atoms with Gasteiger partial charge in [0.05, 0.1) is 5.56 Å². The fraction of sp³-hybridized carbons (Fsp3) is 0.235. The number of benzene rings is 1. The summed E-state index contributed by atoms with van der Waals surface area (Å²) in [6.45, 7) is 2.46. The minimum Gasteiger partial charge on any atom is -0.377 e. The summed E-state index contributed by atoms with van der Waals surface area (Å²) in [5.74, 6) is -0.255. The van der Waals surface area contributed by atoms with Gasteiger partial charge in [0.15, 0.2) is 0 Å². The average Bonchev–Trinajstić information content (AvgIpc) is 2.53. The van der Waals surface area contributed by atoms with Gasteiger partial charge in [0, 0.05) is 32.5 Å². The summed E-state index contributed by atoms with van der Waals surface area (Å²) in [6, 6.07) is 11.2. The zero-order valence-corrected chi connectivity index (χ0v) is 12.9. The monoisotopic (exact) mass is 294 g/mol. The fourth-order valence-electron chi connectivity index (χ4n) is 2.10. The van der Waals surface area contributed by atoms with E-state index in [9.17, 15) is 4.79 Å². The van der Waals surface area contributed by atoms with Crippen LogP contribution in [-0.2, 0) is 6.54 Å². The molecule has 0 radical (unpaired) electrons.